The van der Waals surface area contributed by atoms with Crippen LogP contribution in [-0.4, -0.2) is 49.1 Å². The highest BCUT2D eigenvalue weighted by Crippen LogP contribution is 2.13. The molecule has 1 rings (SSSR count). The molecule has 1 aliphatic heterocycles. The Morgan fingerprint density at radius 2 is 2.16 bits per heavy atom. The van der Waals surface area contributed by atoms with Gasteiger partial charge in [-0.3, -0.25) is 9.69 Å². The van der Waals surface area contributed by atoms with Gasteiger partial charge >= 0.3 is 0 Å². The molecule has 1 saturated heterocycles. The van der Waals surface area contributed by atoms with Crippen LogP contribution in [0.1, 0.15) is 47.0 Å². The van der Waals surface area contributed by atoms with Crippen molar-refractivity contribution in [2.45, 2.75) is 59.0 Å². The Morgan fingerprint density at radius 1 is 1.42 bits per heavy atom. The van der Waals surface area contributed by atoms with Crippen molar-refractivity contribution in [1.29, 1.82) is 0 Å². The third-order valence-electron chi connectivity index (χ3n) is 3.88. The van der Waals surface area contributed by atoms with Crippen molar-refractivity contribution in [2.75, 3.05) is 26.2 Å². The van der Waals surface area contributed by atoms with Gasteiger partial charge in [0.15, 0.2) is 0 Å². The molecule has 0 bridgehead atoms. The second-order valence-corrected chi connectivity index (χ2v) is 6.03. The first-order valence-corrected chi connectivity index (χ1v) is 7.80. The molecular weight excluding hydrogens is 238 g/mol. The third kappa shape index (κ3) is 5.49. The Hall–Kier alpha value is -0.610. The molecule has 19 heavy (non-hydrogen) atoms. The van der Waals surface area contributed by atoms with Crippen LogP contribution in [0.4, 0.5) is 0 Å². The summed E-state index contributed by atoms with van der Waals surface area (Å²) >= 11 is 0. The van der Waals surface area contributed by atoms with Crippen LogP contribution >= 0.6 is 0 Å². The number of nitrogens with zero attached hydrogens (tertiary/aromatic N) is 1. The highest BCUT2D eigenvalue weighted by molar-refractivity contribution is 5.81. The highest BCUT2D eigenvalue weighted by Gasteiger charge is 2.29. The lowest BCUT2D eigenvalue weighted by Crippen LogP contribution is -2.50. The lowest BCUT2D eigenvalue weighted by Gasteiger charge is -2.33. The van der Waals surface area contributed by atoms with E-state index in [0.29, 0.717) is 12.0 Å². The molecule has 1 fully saturated rings. The SMILES string of the molecule is CCCN(C1CCNC1)C(C)C(=O)NCCC(C)C. The van der Waals surface area contributed by atoms with Gasteiger partial charge in [0.2, 0.25) is 5.91 Å². The second-order valence-electron chi connectivity index (χ2n) is 6.03. The Balaban J connectivity index is 2.45. The zero-order chi connectivity index (χ0) is 14.3. The maximum Gasteiger partial charge on any atom is 0.237 e. The van der Waals surface area contributed by atoms with Gasteiger partial charge in [0, 0.05) is 19.1 Å². The van der Waals surface area contributed by atoms with Gasteiger partial charge in [-0.2, -0.15) is 0 Å². The zero-order valence-electron chi connectivity index (χ0n) is 13.0. The van der Waals surface area contributed by atoms with Crippen LogP contribution in [-0.2, 0) is 4.79 Å². The Labute approximate surface area is 118 Å². The predicted molar refractivity (Wildman–Crippen MR) is 80.2 cm³/mol. The van der Waals surface area contributed by atoms with Crippen LogP contribution in [0.2, 0.25) is 0 Å². The van der Waals surface area contributed by atoms with E-state index < -0.39 is 0 Å². The summed E-state index contributed by atoms with van der Waals surface area (Å²) in [5, 5.41) is 6.46. The number of carbonyl (C=O) groups excluding carboxylic acids is 1. The van der Waals surface area contributed by atoms with E-state index in [1.54, 1.807) is 0 Å². The van der Waals surface area contributed by atoms with Gasteiger partial charge in [-0.25, -0.2) is 0 Å². The van der Waals surface area contributed by atoms with Crippen molar-refractivity contribution in [3.05, 3.63) is 0 Å². The molecule has 0 radical (unpaired) electrons. The minimum atomic E-state index is -0.0167. The summed E-state index contributed by atoms with van der Waals surface area (Å²) in [5.74, 6) is 0.822. The van der Waals surface area contributed by atoms with Gasteiger partial charge in [0.05, 0.1) is 6.04 Å². The molecule has 0 aliphatic carbocycles. The molecule has 2 N–H and O–H groups in total. The smallest absolute Gasteiger partial charge is 0.237 e. The van der Waals surface area contributed by atoms with Crippen LogP contribution < -0.4 is 10.6 Å². The van der Waals surface area contributed by atoms with E-state index >= 15 is 0 Å². The van der Waals surface area contributed by atoms with E-state index in [4.69, 9.17) is 0 Å². The Kier molecular flexibility index (Phi) is 7.39. The minimum Gasteiger partial charge on any atom is -0.355 e. The number of hydrogen-bond donors (Lipinski definition) is 2. The van der Waals surface area contributed by atoms with Gasteiger partial charge in [0.25, 0.3) is 0 Å². The van der Waals surface area contributed by atoms with Crippen LogP contribution in [0.15, 0.2) is 0 Å². The molecule has 0 aromatic heterocycles. The van der Waals surface area contributed by atoms with Gasteiger partial charge in [-0.1, -0.05) is 20.8 Å². The average Bonchev–Trinajstić information content (AvgIpc) is 2.88. The maximum absolute atomic E-state index is 12.2. The monoisotopic (exact) mass is 269 g/mol. The molecule has 0 spiro atoms. The molecule has 112 valence electrons. The van der Waals surface area contributed by atoms with Crippen molar-refractivity contribution in [3.8, 4) is 0 Å². The molecule has 1 aliphatic rings. The highest BCUT2D eigenvalue weighted by atomic mass is 16.2. The first-order chi connectivity index (χ1) is 9.06. The van der Waals surface area contributed by atoms with Gasteiger partial charge < -0.3 is 10.6 Å². The molecule has 4 nitrogen and oxygen atoms in total. The number of rotatable bonds is 8. The fourth-order valence-electron chi connectivity index (χ4n) is 2.66. The summed E-state index contributed by atoms with van der Waals surface area (Å²) in [6.07, 6.45) is 3.31. The molecule has 0 aromatic rings. The molecule has 0 saturated carbocycles. The minimum absolute atomic E-state index is 0.0167. The molecule has 4 heteroatoms. The molecule has 0 aromatic carbocycles. The number of hydrogen-bond acceptors (Lipinski definition) is 3. The first kappa shape index (κ1) is 16.4. The molecule has 1 heterocycles. The first-order valence-electron chi connectivity index (χ1n) is 7.80. The average molecular weight is 269 g/mol. The summed E-state index contributed by atoms with van der Waals surface area (Å²) in [4.78, 5) is 14.6. The van der Waals surface area contributed by atoms with Crippen molar-refractivity contribution >= 4 is 5.91 Å². The van der Waals surface area contributed by atoms with Crippen LogP contribution in [0, 0.1) is 5.92 Å². The summed E-state index contributed by atoms with van der Waals surface area (Å²) in [7, 11) is 0. The summed E-state index contributed by atoms with van der Waals surface area (Å²) in [6, 6.07) is 0.503. The summed E-state index contributed by atoms with van der Waals surface area (Å²) in [6.45, 7) is 12.5. The largest absolute Gasteiger partial charge is 0.355 e. The molecule has 2 unspecified atom stereocenters. The van der Waals surface area contributed by atoms with Gasteiger partial charge in [-0.05, 0) is 45.2 Å². The van der Waals surface area contributed by atoms with Gasteiger partial charge in [0.1, 0.15) is 0 Å². The zero-order valence-corrected chi connectivity index (χ0v) is 13.0. The van der Waals surface area contributed by atoms with E-state index in [1.807, 2.05) is 6.92 Å². The van der Waals surface area contributed by atoms with Crippen LogP contribution in [0.25, 0.3) is 0 Å². The summed E-state index contributed by atoms with van der Waals surface area (Å²) in [5.41, 5.74) is 0. The molecule has 1 amide bonds. The number of nitrogens with one attached hydrogen (secondary N) is 2. The quantitative estimate of drug-likeness (QED) is 0.704. The Bertz CT molecular complexity index is 262. The van der Waals surface area contributed by atoms with Crippen molar-refractivity contribution < 1.29 is 4.79 Å². The number of amides is 1. The lowest BCUT2D eigenvalue weighted by atomic mass is 10.1. The standard InChI is InChI=1S/C15H31N3O/c1-5-10-18(14-7-8-16-11-14)13(4)15(19)17-9-6-12(2)3/h12-14,16H,5-11H2,1-4H3,(H,17,19). The fourth-order valence-corrected chi connectivity index (χ4v) is 2.66. The van der Waals surface area contributed by atoms with Crippen LogP contribution in [0.5, 0.6) is 0 Å². The van der Waals surface area contributed by atoms with E-state index in [1.165, 1.54) is 0 Å². The van der Waals surface area contributed by atoms with E-state index in [9.17, 15) is 4.79 Å². The van der Waals surface area contributed by atoms with E-state index in [0.717, 1.165) is 45.4 Å². The van der Waals surface area contributed by atoms with Crippen molar-refractivity contribution in [3.63, 3.8) is 0 Å². The summed E-state index contributed by atoms with van der Waals surface area (Å²) < 4.78 is 0. The second kappa shape index (κ2) is 8.54. The lowest BCUT2D eigenvalue weighted by molar-refractivity contribution is -0.126. The van der Waals surface area contributed by atoms with E-state index in [2.05, 4.69) is 36.3 Å². The van der Waals surface area contributed by atoms with E-state index in [-0.39, 0.29) is 11.9 Å². The predicted octanol–water partition coefficient (Wildman–Crippen LogP) is 1.61. The molecule has 2 atom stereocenters. The maximum atomic E-state index is 12.2. The fraction of sp³-hybridized carbons (Fsp3) is 0.933. The van der Waals surface area contributed by atoms with Crippen molar-refractivity contribution in [2.24, 2.45) is 5.92 Å². The Morgan fingerprint density at radius 3 is 2.68 bits per heavy atom. The third-order valence-corrected chi connectivity index (χ3v) is 3.88. The molecular formula is C15H31N3O. The topological polar surface area (TPSA) is 44.4 Å². The van der Waals surface area contributed by atoms with Gasteiger partial charge in [-0.15, -0.1) is 0 Å². The van der Waals surface area contributed by atoms with Crippen molar-refractivity contribution in [1.82, 2.24) is 15.5 Å². The normalized spacial score (nSPS) is 21.1. The number of carbonyl (C=O) groups is 1. The van der Waals surface area contributed by atoms with Crippen LogP contribution in [0.3, 0.4) is 0 Å².